The fourth-order valence-corrected chi connectivity index (χ4v) is 1.77. The van der Waals surface area contributed by atoms with Crippen molar-refractivity contribution in [2.45, 2.75) is 39.0 Å². The second-order valence-electron chi connectivity index (χ2n) is 4.34. The maximum absolute atomic E-state index is 4.14. The molecule has 1 heteroatoms. The third-order valence-electron chi connectivity index (χ3n) is 2.80. The summed E-state index contributed by atoms with van der Waals surface area (Å²) in [5.41, 5.74) is 1.50. The van der Waals surface area contributed by atoms with Gasteiger partial charge in [-0.25, -0.2) is 0 Å². The second-order valence-corrected chi connectivity index (χ2v) is 4.34. The normalized spacial score (nSPS) is 16.5. The average Bonchev–Trinajstić information content (AvgIpc) is 2.86. The Morgan fingerprint density at radius 2 is 2.08 bits per heavy atom. The summed E-state index contributed by atoms with van der Waals surface area (Å²) < 4.78 is 0. The Kier molecular flexibility index (Phi) is 4.51. The molecular weight excluding hydrogens is 158 g/mol. The minimum atomic E-state index is 0.900. The maximum atomic E-state index is 4.14. The van der Waals surface area contributed by atoms with Crippen molar-refractivity contribution in [2.75, 3.05) is 20.1 Å². The summed E-state index contributed by atoms with van der Waals surface area (Å²) in [6.45, 7) is 8.84. The molecule has 0 aromatic carbocycles. The molecule has 0 heterocycles. The van der Waals surface area contributed by atoms with Gasteiger partial charge in [0.1, 0.15) is 0 Å². The zero-order valence-electron chi connectivity index (χ0n) is 9.18. The largest absolute Gasteiger partial charge is 0.306 e. The molecule has 1 rings (SSSR count). The lowest BCUT2D eigenvalue weighted by Crippen LogP contribution is -2.20. The predicted octanol–water partition coefficient (Wildman–Crippen LogP) is 3.07. The van der Waals surface area contributed by atoms with Gasteiger partial charge in [0.25, 0.3) is 0 Å². The molecule has 0 N–H and O–H groups in total. The fourth-order valence-electron chi connectivity index (χ4n) is 1.77. The molecule has 1 aliphatic rings. The second kappa shape index (κ2) is 5.43. The first-order chi connectivity index (χ1) is 6.24. The molecule has 1 saturated carbocycles. The summed E-state index contributed by atoms with van der Waals surface area (Å²) in [4.78, 5) is 2.42. The highest BCUT2D eigenvalue weighted by atomic mass is 15.1. The van der Waals surface area contributed by atoms with Crippen LogP contribution in [0.4, 0.5) is 0 Å². The van der Waals surface area contributed by atoms with Crippen molar-refractivity contribution in [3.8, 4) is 0 Å². The summed E-state index contributed by atoms with van der Waals surface area (Å²) in [7, 11) is 2.21. The van der Waals surface area contributed by atoms with Gasteiger partial charge < -0.3 is 4.90 Å². The summed E-state index contributed by atoms with van der Waals surface area (Å²) in [5.74, 6) is 0.900. The number of rotatable bonds is 7. The van der Waals surface area contributed by atoms with Crippen LogP contribution in [-0.2, 0) is 0 Å². The van der Waals surface area contributed by atoms with E-state index in [0.29, 0.717) is 0 Å². The Balaban J connectivity index is 1.96. The van der Waals surface area contributed by atoms with Crippen LogP contribution in [0.15, 0.2) is 12.2 Å². The third kappa shape index (κ3) is 4.47. The molecule has 0 saturated heterocycles. The van der Waals surface area contributed by atoms with Crippen LogP contribution in [0.3, 0.4) is 0 Å². The van der Waals surface area contributed by atoms with Crippen molar-refractivity contribution in [3.63, 3.8) is 0 Å². The van der Waals surface area contributed by atoms with E-state index in [0.717, 1.165) is 5.92 Å². The lowest BCUT2D eigenvalue weighted by atomic mass is 10.1. The van der Waals surface area contributed by atoms with Gasteiger partial charge in [0.15, 0.2) is 0 Å². The van der Waals surface area contributed by atoms with Crippen molar-refractivity contribution in [1.82, 2.24) is 4.90 Å². The first-order valence-corrected chi connectivity index (χ1v) is 5.60. The average molecular weight is 181 g/mol. The van der Waals surface area contributed by atoms with Crippen LogP contribution in [0.2, 0.25) is 0 Å². The van der Waals surface area contributed by atoms with Gasteiger partial charge in [-0.1, -0.05) is 19.1 Å². The zero-order valence-corrected chi connectivity index (χ0v) is 9.18. The quantitative estimate of drug-likeness (QED) is 0.546. The van der Waals surface area contributed by atoms with Crippen LogP contribution in [0.25, 0.3) is 0 Å². The van der Waals surface area contributed by atoms with E-state index in [1.807, 2.05) is 0 Å². The van der Waals surface area contributed by atoms with Crippen LogP contribution in [0.1, 0.15) is 39.0 Å². The van der Waals surface area contributed by atoms with Gasteiger partial charge in [-0.05, 0) is 58.2 Å². The number of allylic oxidation sites excluding steroid dienone is 1. The molecule has 0 aliphatic heterocycles. The van der Waals surface area contributed by atoms with E-state index in [1.54, 1.807) is 0 Å². The zero-order chi connectivity index (χ0) is 9.68. The van der Waals surface area contributed by atoms with Gasteiger partial charge in [0, 0.05) is 0 Å². The molecular formula is C12H23N. The van der Waals surface area contributed by atoms with E-state index in [1.165, 1.54) is 50.8 Å². The van der Waals surface area contributed by atoms with Crippen molar-refractivity contribution in [2.24, 2.45) is 5.92 Å². The smallest absolute Gasteiger partial charge is 0.00187 e. The van der Waals surface area contributed by atoms with E-state index < -0.39 is 0 Å². The summed E-state index contributed by atoms with van der Waals surface area (Å²) in [5, 5.41) is 0. The first-order valence-electron chi connectivity index (χ1n) is 5.60. The van der Waals surface area contributed by atoms with Gasteiger partial charge in [-0.2, -0.15) is 0 Å². The van der Waals surface area contributed by atoms with Gasteiger partial charge in [0.05, 0.1) is 0 Å². The van der Waals surface area contributed by atoms with E-state index in [2.05, 4.69) is 25.5 Å². The standard InChI is InChI=1S/C12H23N/c1-4-9-13(3)10-5-6-11(2)12-7-8-12/h12H,2,4-10H2,1,3H3. The lowest BCUT2D eigenvalue weighted by molar-refractivity contribution is 0.329. The monoisotopic (exact) mass is 181 g/mol. The van der Waals surface area contributed by atoms with Gasteiger partial charge >= 0.3 is 0 Å². The minimum Gasteiger partial charge on any atom is -0.306 e. The molecule has 0 bridgehead atoms. The topological polar surface area (TPSA) is 3.24 Å². The molecule has 0 aromatic heterocycles. The van der Waals surface area contributed by atoms with E-state index in [9.17, 15) is 0 Å². The highest BCUT2D eigenvalue weighted by Crippen LogP contribution is 2.37. The molecule has 0 atom stereocenters. The Bertz CT molecular complexity index is 159. The fraction of sp³-hybridized carbons (Fsp3) is 0.833. The molecule has 1 nitrogen and oxygen atoms in total. The van der Waals surface area contributed by atoms with E-state index >= 15 is 0 Å². The van der Waals surface area contributed by atoms with Crippen LogP contribution in [-0.4, -0.2) is 25.0 Å². The van der Waals surface area contributed by atoms with Crippen LogP contribution >= 0.6 is 0 Å². The van der Waals surface area contributed by atoms with Crippen LogP contribution < -0.4 is 0 Å². The highest BCUT2D eigenvalue weighted by molar-refractivity contribution is 5.07. The molecule has 0 amide bonds. The maximum Gasteiger partial charge on any atom is -0.00187 e. The Morgan fingerprint density at radius 3 is 2.62 bits per heavy atom. The predicted molar refractivity (Wildman–Crippen MR) is 58.9 cm³/mol. The van der Waals surface area contributed by atoms with Crippen molar-refractivity contribution >= 4 is 0 Å². The number of hydrogen-bond acceptors (Lipinski definition) is 1. The van der Waals surface area contributed by atoms with Gasteiger partial charge in [-0.3, -0.25) is 0 Å². The van der Waals surface area contributed by atoms with Gasteiger partial charge in [0.2, 0.25) is 0 Å². The summed E-state index contributed by atoms with van der Waals surface area (Å²) >= 11 is 0. The molecule has 0 spiro atoms. The molecule has 1 aliphatic carbocycles. The van der Waals surface area contributed by atoms with Crippen molar-refractivity contribution in [3.05, 3.63) is 12.2 Å². The molecule has 0 aromatic rings. The SMILES string of the molecule is C=C(CCCN(C)CCC)C1CC1. The first kappa shape index (κ1) is 10.8. The molecule has 0 unspecified atom stereocenters. The van der Waals surface area contributed by atoms with Crippen LogP contribution in [0.5, 0.6) is 0 Å². The lowest BCUT2D eigenvalue weighted by Gasteiger charge is -2.15. The number of hydrogen-bond donors (Lipinski definition) is 0. The molecule has 1 fully saturated rings. The Labute approximate surface area is 82.8 Å². The van der Waals surface area contributed by atoms with E-state index in [4.69, 9.17) is 0 Å². The van der Waals surface area contributed by atoms with Crippen molar-refractivity contribution in [1.29, 1.82) is 0 Å². The molecule has 13 heavy (non-hydrogen) atoms. The Morgan fingerprint density at radius 1 is 1.38 bits per heavy atom. The molecule has 0 radical (unpaired) electrons. The van der Waals surface area contributed by atoms with Crippen molar-refractivity contribution < 1.29 is 0 Å². The minimum absolute atomic E-state index is 0.900. The van der Waals surface area contributed by atoms with Crippen LogP contribution in [0, 0.1) is 5.92 Å². The summed E-state index contributed by atoms with van der Waals surface area (Å²) in [6.07, 6.45) is 6.62. The highest BCUT2D eigenvalue weighted by Gasteiger charge is 2.23. The molecule has 76 valence electrons. The van der Waals surface area contributed by atoms with E-state index in [-0.39, 0.29) is 0 Å². The Hall–Kier alpha value is -0.300. The summed E-state index contributed by atoms with van der Waals surface area (Å²) in [6, 6.07) is 0. The third-order valence-corrected chi connectivity index (χ3v) is 2.80. The van der Waals surface area contributed by atoms with Gasteiger partial charge in [-0.15, -0.1) is 0 Å². The number of nitrogens with zero attached hydrogens (tertiary/aromatic N) is 1.